The first-order chi connectivity index (χ1) is 9.17. The van der Waals surface area contributed by atoms with Crippen LogP contribution in [0.15, 0.2) is 23.1 Å². The summed E-state index contributed by atoms with van der Waals surface area (Å²) in [6, 6.07) is 6.01. The fraction of sp³-hybridized carbons (Fsp3) is 0.562. The van der Waals surface area contributed by atoms with Gasteiger partial charge in [-0.2, -0.15) is 0 Å². The van der Waals surface area contributed by atoms with Crippen molar-refractivity contribution in [2.24, 2.45) is 5.92 Å². The van der Waals surface area contributed by atoms with E-state index < -0.39 is 0 Å². The zero-order valence-corrected chi connectivity index (χ0v) is 14.1. The smallest absolute Gasteiger partial charge is 0.319 e. The van der Waals surface area contributed by atoms with Crippen LogP contribution in [0, 0.1) is 12.8 Å². The number of thioether (sulfide) groups is 1. The minimum atomic E-state index is -0.141. The normalized spacial score (nSPS) is 11.6. The first kappa shape index (κ1) is 16.9. The molecule has 2 amide bonds. The molecular formula is C16H26N2OS. The molecule has 4 heteroatoms. The molecule has 0 saturated carbocycles. The molecule has 112 valence electrons. The van der Waals surface area contributed by atoms with E-state index in [-0.39, 0.29) is 10.8 Å². The van der Waals surface area contributed by atoms with Crippen LogP contribution in [0.2, 0.25) is 0 Å². The molecule has 0 unspecified atom stereocenters. The van der Waals surface area contributed by atoms with E-state index in [4.69, 9.17) is 0 Å². The van der Waals surface area contributed by atoms with E-state index in [0.717, 1.165) is 11.3 Å². The van der Waals surface area contributed by atoms with Crippen LogP contribution in [-0.4, -0.2) is 17.3 Å². The average molecular weight is 294 g/mol. The number of hydrogen-bond donors (Lipinski definition) is 2. The summed E-state index contributed by atoms with van der Waals surface area (Å²) in [6.45, 7) is 13.4. The van der Waals surface area contributed by atoms with Crippen molar-refractivity contribution in [3.8, 4) is 0 Å². The number of amides is 2. The van der Waals surface area contributed by atoms with Gasteiger partial charge in [0.1, 0.15) is 0 Å². The Bertz CT molecular complexity index is 464. The number of urea groups is 1. The van der Waals surface area contributed by atoms with Crippen molar-refractivity contribution in [2.75, 3.05) is 11.9 Å². The molecule has 20 heavy (non-hydrogen) atoms. The van der Waals surface area contributed by atoms with E-state index in [1.54, 1.807) is 0 Å². The van der Waals surface area contributed by atoms with Gasteiger partial charge in [-0.05, 0) is 36.6 Å². The lowest BCUT2D eigenvalue weighted by molar-refractivity contribution is 0.251. The number of anilines is 1. The van der Waals surface area contributed by atoms with Crippen LogP contribution in [0.25, 0.3) is 0 Å². The van der Waals surface area contributed by atoms with Crippen LogP contribution >= 0.6 is 11.8 Å². The minimum Gasteiger partial charge on any atom is -0.338 e. The lowest BCUT2D eigenvalue weighted by Gasteiger charge is -2.18. The molecule has 3 nitrogen and oxygen atoms in total. The van der Waals surface area contributed by atoms with Crippen LogP contribution in [0.1, 0.15) is 40.2 Å². The maximum atomic E-state index is 11.8. The lowest BCUT2D eigenvalue weighted by Crippen LogP contribution is -2.31. The molecule has 1 aromatic rings. The van der Waals surface area contributed by atoms with Crippen LogP contribution in [0.3, 0.4) is 0 Å². The molecule has 0 fully saturated rings. The minimum absolute atomic E-state index is 0.141. The summed E-state index contributed by atoms with van der Waals surface area (Å²) in [5.41, 5.74) is 1.95. The summed E-state index contributed by atoms with van der Waals surface area (Å²) in [5.74, 6) is 0.451. The van der Waals surface area contributed by atoms with Crippen LogP contribution in [0.4, 0.5) is 10.5 Å². The number of carbonyl (C=O) groups is 1. The van der Waals surface area contributed by atoms with Gasteiger partial charge in [0.2, 0.25) is 0 Å². The average Bonchev–Trinajstić information content (AvgIpc) is 2.28. The van der Waals surface area contributed by atoms with Crippen molar-refractivity contribution in [2.45, 2.75) is 51.2 Å². The molecule has 0 heterocycles. The van der Waals surface area contributed by atoms with Gasteiger partial charge in [-0.1, -0.05) is 34.6 Å². The predicted octanol–water partition coefficient (Wildman–Crippen LogP) is 4.66. The molecule has 0 aromatic heterocycles. The zero-order chi connectivity index (χ0) is 15.3. The van der Waals surface area contributed by atoms with E-state index >= 15 is 0 Å². The third-order valence-corrected chi connectivity index (χ3v) is 3.64. The second-order valence-electron chi connectivity index (χ2n) is 6.42. The van der Waals surface area contributed by atoms with Gasteiger partial charge in [-0.3, -0.25) is 0 Å². The Morgan fingerprint density at radius 1 is 1.30 bits per heavy atom. The van der Waals surface area contributed by atoms with Crippen molar-refractivity contribution < 1.29 is 4.79 Å². The molecule has 1 rings (SSSR count). The Morgan fingerprint density at radius 3 is 2.45 bits per heavy atom. The van der Waals surface area contributed by atoms with E-state index in [1.165, 1.54) is 4.90 Å². The van der Waals surface area contributed by atoms with Gasteiger partial charge in [0, 0.05) is 21.9 Å². The largest absolute Gasteiger partial charge is 0.338 e. The Hall–Kier alpha value is -1.16. The number of rotatable bonds is 4. The van der Waals surface area contributed by atoms with Crippen molar-refractivity contribution in [3.63, 3.8) is 0 Å². The number of hydrogen-bond acceptors (Lipinski definition) is 2. The predicted molar refractivity (Wildman–Crippen MR) is 88.6 cm³/mol. The Labute approximate surface area is 126 Å². The van der Waals surface area contributed by atoms with Crippen molar-refractivity contribution >= 4 is 23.5 Å². The number of aryl methyl sites for hydroxylation is 1. The molecule has 0 aliphatic heterocycles. The maximum absolute atomic E-state index is 11.8. The number of nitrogens with one attached hydrogen (secondary N) is 2. The van der Waals surface area contributed by atoms with Gasteiger partial charge in [0.05, 0.1) is 0 Å². The van der Waals surface area contributed by atoms with E-state index in [2.05, 4.69) is 57.4 Å². The molecule has 0 radical (unpaired) electrons. The van der Waals surface area contributed by atoms with Gasteiger partial charge in [-0.25, -0.2) is 4.79 Å². The third kappa shape index (κ3) is 6.33. The summed E-state index contributed by atoms with van der Waals surface area (Å²) in [6.07, 6.45) is 0. The van der Waals surface area contributed by atoms with Crippen LogP contribution in [0.5, 0.6) is 0 Å². The molecular weight excluding hydrogens is 268 g/mol. The molecule has 0 atom stereocenters. The van der Waals surface area contributed by atoms with Crippen molar-refractivity contribution in [1.82, 2.24) is 5.32 Å². The van der Waals surface area contributed by atoms with E-state index in [1.807, 2.05) is 24.8 Å². The summed E-state index contributed by atoms with van der Waals surface area (Å²) >= 11 is 1.83. The molecule has 2 N–H and O–H groups in total. The second-order valence-corrected chi connectivity index (χ2v) is 8.32. The quantitative estimate of drug-likeness (QED) is 0.793. The first-order valence-corrected chi connectivity index (χ1v) is 7.83. The highest BCUT2D eigenvalue weighted by molar-refractivity contribution is 8.00. The van der Waals surface area contributed by atoms with Gasteiger partial charge in [0.15, 0.2) is 0 Å². The fourth-order valence-corrected chi connectivity index (χ4v) is 2.74. The maximum Gasteiger partial charge on any atom is 0.319 e. The third-order valence-electron chi connectivity index (χ3n) is 2.54. The van der Waals surface area contributed by atoms with Crippen molar-refractivity contribution in [1.29, 1.82) is 0 Å². The second kappa shape index (κ2) is 7.02. The van der Waals surface area contributed by atoms with E-state index in [0.29, 0.717) is 12.5 Å². The summed E-state index contributed by atoms with van der Waals surface area (Å²) < 4.78 is 0.191. The zero-order valence-electron chi connectivity index (χ0n) is 13.3. The number of benzene rings is 1. The first-order valence-electron chi connectivity index (χ1n) is 7.02. The fourth-order valence-electron chi connectivity index (χ4n) is 1.66. The van der Waals surface area contributed by atoms with Gasteiger partial charge >= 0.3 is 6.03 Å². The molecule has 0 bridgehead atoms. The lowest BCUT2D eigenvalue weighted by atomic mass is 10.2. The highest BCUT2D eigenvalue weighted by atomic mass is 32.2. The highest BCUT2D eigenvalue weighted by Crippen LogP contribution is 2.33. The number of carbonyl (C=O) groups excluding carboxylic acids is 1. The van der Waals surface area contributed by atoms with Gasteiger partial charge in [0.25, 0.3) is 0 Å². The topological polar surface area (TPSA) is 41.1 Å². The summed E-state index contributed by atoms with van der Waals surface area (Å²) in [5, 5.41) is 5.75. The highest BCUT2D eigenvalue weighted by Gasteiger charge is 2.13. The monoisotopic (exact) mass is 294 g/mol. The SMILES string of the molecule is Cc1cc(SC(C)(C)C)ccc1NC(=O)NCC(C)C. The summed E-state index contributed by atoms with van der Waals surface area (Å²) in [4.78, 5) is 13.0. The Balaban J connectivity index is 2.66. The van der Waals surface area contributed by atoms with Gasteiger partial charge in [-0.15, -0.1) is 11.8 Å². The van der Waals surface area contributed by atoms with Crippen LogP contribution < -0.4 is 10.6 Å². The van der Waals surface area contributed by atoms with Crippen LogP contribution in [-0.2, 0) is 0 Å². The molecule has 0 aliphatic carbocycles. The van der Waals surface area contributed by atoms with E-state index in [9.17, 15) is 4.79 Å². The standard InChI is InChI=1S/C16H26N2OS/c1-11(2)10-17-15(19)18-14-8-7-13(9-12(14)3)20-16(4,5)6/h7-9,11H,10H2,1-6H3,(H2,17,18,19). The molecule has 0 spiro atoms. The molecule has 0 aliphatic rings. The van der Waals surface area contributed by atoms with Gasteiger partial charge < -0.3 is 10.6 Å². The summed E-state index contributed by atoms with van der Waals surface area (Å²) in [7, 11) is 0. The Kier molecular flexibility index (Phi) is 5.93. The molecule has 0 saturated heterocycles. The molecule has 1 aromatic carbocycles. The van der Waals surface area contributed by atoms with Crippen molar-refractivity contribution in [3.05, 3.63) is 23.8 Å². The Morgan fingerprint density at radius 2 is 1.95 bits per heavy atom.